The van der Waals surface area contributed by atoms with Crippen molar-refractivity contribution in [2.45, 2.75) is 26.3 Å². The van der Waals surface area contributed by atoms with Gasteiger partial charge in [-0.25, -0.2) is 9.18 Å². The molecule has 1 unspecified atom stereocenters. The Morgan fingerprint density at radius 1 is 1.25 bits per heavy atom. The molecule has 3 heterocycles. The van der Waals surface area contributed by atoms with E-state index in [0.717, 1.165) is 25.7 Å². The first-order valence-corrected chi connectivity index (χ1v) is 9.48. The SMILES string of the molecule is CCN1CCN(c2c(F)cc3c(=O)c(C(=O)O)cn4c3c2C(=O)CC4C)CC1. The lowest BCUT2D eigenvalue weighted by molar-refractivity contribution is 0.0694. The van der Waals surface area contributed by atoms with Crippen LogP contribution < -0.4 is 10.3 Å². The Bertz CT molecular complexity index is 1050. The van der Waals surface area contributed by atoms with E-state index in [1.807, 2.05) is 4.90 Å². The summed E-state index contributed by atoms with van der Waals surface area (Å²) in [6, 6.07) is 0.785. The fourth-order valence-electron chi connectivity index (χ4n) is 4.31. The smallest absolute Gasteiger partial charge is 0.341 e. The van der Waals surface area contributed by atoms with Gasteiger partial charge >= 0.3 is 5.97 Å². The number of halogens is 1. The Balaban J connectivity index is 2.00. The molecule has 2 aromatic rings. The lowest BCUT2D eigenvalue weighted by Crippen LogP contribution is -2.47. The molecule has 0 bridgehead atoms. The summed E-state index contributed by atoms with van der Waals surface area (Å²) in [5, 5.41) is 9.31. The van der Waals surface area contributed by atoms with Crippen LogP contribution in [0.2, 0.25) is 0 Å². The minimum atomic E-state index is -1.36. The third kappa shape index (κ3) is 2.71. The van der Waals surface area contributed by atoms with Crippen LogP contribution >= 0.6 is 0 Å². The second-order valence-corrected chi connectivity index (χ2v) is 7.46. The third-order valence-corrected chi connectivity index (χ3v) is 5.84. The number of hydrogen-bond donors (Lipinski definition) is 1. The van der Waals surface area contributed by atoms with Gasteiger partial charge in [-0.3, -0.25) is 9.59 Å². The van der Waals surface area contributed by atoms with Crippen LogP contribution in [0.25, 0.3) is 10.9 Å². The number of carboxylic acid groups (broad SMARTS) is 1. The van der Waals surface area contributed by atoms with Crippen molar-refractivity contribution in [3.05, 3.63) is 39.4 Å². The zero-order valence-corrected chi connectivity index (χ0v) is 15.9. The van der Waals surface area contributed by atoms with Crippen molar-refractivity contribution in [3.63, 3.8) is 0 Å². The number of carbonyl (C=O) groups excluding carboxylic acids is 1. The number of aromatic nitrogens is 1. The number of carbonyl (C=O) groups is 2. The van der Waals surface area contributed by atoms with Crippen LogP contribution in [0.5, 0.6) is 0 Å². The predicted molar refractivity (Wildman–Crippen MR) is 103 cm³/mol. The van der Waals surface area contributed by atoms with Crippen LogP contribution in [0.1, 0.15) is 47.0 Å². The van der Waals surface area contributed by atoms with E-state index >= 15 is 4.39 Å². The Labute approximate surface area is 161 Å². The van der Waals surface area contributed by atoms with E-state index in [0.29, 0.717) is 18.6 Å². The maximum absolute atomic E-state index is 15.2. The molecule has 4 rings (SSSR count). The van der Waals surface area contributed by atoms with Gasteiger partial charge in [-0.1, -0.05) is 6.92 Å². The van der Waals surface area contributed by atoms with Crippen molar-refractivity contribution >= 4 is 28.3 Å². The van der Waals surface area contributed by atoms with Crippen molar-refractivity contribution in [2.24, 2.45) is 0 Å². The monoisotopic (exact) mass is 387 g/mol. The van der Waals surface area contributed by atoms with Crippen molar-refractivity contribution in [3.8, 4) is 0 Å². The number of likely N-dealkylation sites (N-methyl/N-ethyl adjacent to an activating group) is 1. The predicted octanol–water partition coefficient (Wildman–Crippen LogP) is 2.13. The maximum atomic E-state index is 15.2. The Hall–Kier alpha value is -2.74. The number of hydrogen-bond acceptors (Lipinski definition) is 5. The molecule has 8 heteroatoms. The number of Topliss-reactive ketones (excluding diaryl/α,β-unsaturated/α-hetero) is 1. The Morgan fingerprint density at radius 2 is 1.93 bits per heavy atom. The molecule has 1 fully saturated rings. The van der Waals surface area contributed by atoms with Crippen LogP contribution in [0, 0.1) is 5.82 Å². The molecule has 1 aromatic carbocycles. The van der Waals surface area contributed by atoms with Crippen molar-refractivity contribution in [1.29, 1.82) is 0 Å². The van der Waals surface area contributed by atoms with Gasteiger partial charge in [-0.15, -0.1) is 0 Å². The summed E-state index contributed by atoms with van der Waals surface area (Å²) in [7, 11) is 0. The van der Waals surface area contributed by atoms with Gasteiger partial charge in [-0.2, -0.15) is 0 Å². The van der Waals surface area contributed by atoms with Crippen molar-refractivity contribution < 1.29 is 19.1 Å². The summed E-state index contributed by atoms with van der Waals surface area (Å²) in [5.41, 5.74) is -0.400. The fraction of sp³-hybridized carbons (Fsp3) is 0.450. The molecule has 0 spiro atoms. The number of benzene rings is 1. The van der Waals surface area contributed by atoms with Gasteiger partial charge in [0.2, 0.25) is 5.43 Å². The molecule has 2 aliphatic rings. The number of aromatic carboxylic acids is 1. The first kappa shape index (κ1) is 18.6. The van der Waals surface area contributed by atoms with Crippen molar-refractivity contribution in [1.82, 2.24) is 9.47 Å². The highest BCUT2D eigenvalue weighted by atomic mass is 19.1. The zero-order chi connectivity index (χ0) is 20.2. The summed E-state index contributed by atoms with van der Waals surface area (Å²) in [4.78, 5) is 41.2. The van der Waals surface area contributed by atoms with E-state index in [-0.39, 0.29) is 34.9 Å². The first-order valence-electron chi connectivity index (χ1n) is 9.48. The summed E-state index contributed by atoms with van der Waals surface area (Å²) in [5.74, 6) is -2.23. The molecule has 1 N–H and O–H groups in total. The molecule has 2 aliphatic heterocycles. The molecule has 7 nitrogen and oxygen atoms in total. The standard InChI is InChI=1S/C20H22FN3O4/c1-3-22-4-6-23(7-5-22)18-14(21)9-12-17-16(18)15(25)8-11(2)24(17)10-13(19(12)26)20(27)28/h9-11H,3-8H2,1-2H3,(H,27,28). The molecule has 1 atom stereocenters. The van der Waals surface area contributed by atoms with Gasteiger partial charge in [0, 0.05) is 44.8 Å². The number of piperazine rings is 1. The van der Waals surface area contributed by atoms with Crippen LogP contribution in [0.15, 0.2) is 17.1 Å². The Kier molecular flexibility index (Phi) is 4.45. The number of anilines is 1. The summed E-state index contributed by atoms with van der Waals surface area (Å²) >= 11 is 0. The molecule has 148 valence electrons. The number of rotatable bonds is 3. The lowest BCUT2D eigenvalue weighted by Gasteiger charge is -2.37. The van der Waals surface area contributed by atoms with Gasteiger partial charge in [0.25, 0.3) is 0 Å². The molecule has 0 saturated carbocycles. The minimum Gasteiger partial charge on any atom is -0.477 e. The molecule has 0 radical (unpaired) electrons. The number of ketones is 1. The summed E-state index contributed by atoms with van der Waals surface area (Å²) in [6.07, 6.45) is 1.42. The molecule has 1 saturated heterocycles. The maximum Gasteiger partial charge on any atom is 0.341 e. The van der Waals surface area contributed by atoms with E-state index in [2.05, 4.69) is 11.8 Å². The lowest BCUT2D eigenvalue weighted by atomic mass is 9.92. The summed E-state index contributed by atoms with van der Waals surface area (Å²) < 4.78 is 16.8. The van der Waals surface area contributed by atoms with E-state index < -0.39 is 22.8 Å². The van der Waals surface area contributed by atoms with Gasteiger partial charge in [0.1, 0.15) is 11.4 Å². The van der Waals surface area contributed by atoms with E-state index in [1.165, 1.54) is 6.20 Å². The highest BCUT2D eigenvalue weighted by molar-refractivity contribution is 6.13. The second-order valence-electron chi connectivity index (χ2n) is 7.46. The molecular weight excluding hydrogens is 365 g/mol. The number of nitrogens with zero attached hydrogens (tertiary/aromatic N) is 3. The molecule has 1 aromatic heterocycles. The van der Waals surface area contributed by atoms with Crippen LogP contribution in [-0.2, 0) is 0 Å². The first-order chi connectivity index (χ1) is 13.3. The largest absolute Gasteiger partial charge is 0.477 e. The Morgan fingerprint density at radius 3 is 2.54 bits per heavy atom. The van der Waals surface area contributed by atoms with Gasteiger partial charge < -0.3 is 19.5 Å². The quantitative estimate of drug-likeness (QED) is 0.869. The molecule has 28 heavy (non-hydrogen) atoms. The molecular formula is C20H22FN3O4. The highest BCUT2D eigenvalue weighted by Gasteiger charge is 2.33. The number of pyridine rings is 1. The molecule has 0 aliphatic carbocycles. The van der Waals surface area contributed by atoms with Gasteiger partial charge in [-0.05, 0) is 19.5 Å². The fourth-order valence-corrected chi connectivity index (χ4v) is 4.31. The molecule has 0 amide bonds. The number of carboxylic acids is 1. The highest BCUT2D eigenvalue weighted by Crippen LogP contribution is 2.38. The van der Waals surface area contributed by atoms with Crippen molar-refractivity contribution in [2.75, 3.05) is 37.6 Å². The van der Waals surface area contributed by atoms with E-state index in [4.69, 9.17) is 0 Å². The zero-order valence-electron chi connectivity index (χ0n) is 15.9. The minimum absolute atomic E-state index is 0.0526. The normalized spacial score (nSPS) is 20.0. The van der Waals surface area contributed by atoms with E-state index in [9.17, 15) is 19.5 Å². The summed E-state index contributed by atoms with van der Waals surface area (Å²) in [6.45, 7) is 7.48. The average Bonchev–Trinajstić information content (AvgIpc) is 2.66. The topological polar surface area (TPSA) is 82.8 Å². The van der Waals surface area contributed by atoms with Crippen LogP contribution in [0.4, 0.5) is 10.1 Å². The van der Waals surface area contributed by atoms with Crippen LogP contribution in [0.3, 0.4) is 0 Å². The van der Waals surface area contributed by atoms with Gasteiger partial charge in [0.15, 0.2) is 5.78 Å². The van der Waals surface area contributed by atoms with E-state index in [1.54, 1.807) is 11.5 Å². The average molecular weight is 387 g/mol. The van der Waals surface area contributed by atoms with Crippen LogP contribution in [-0.4, -0.2) is 59.0 Å². The van der Waals surface area contributed by atoms with Gasteiger partial charge in [0.05, 0.1) is 22.2 Å². The second kappa shape index (κ2) is 6.70. The third-order valence-electron chi connectivity index (χ3n) is 5.84.